The van der Waals surface area contributed by atoms with E-state index in [-0.39, 0.29) is 11.3 Å². The van der Waals surface area contributed by atoms with Crippen LogP contribution in [0, 0.1) is 0 Å². The van der Waals surface area contributed by atoms with E-state index < -0.39 is 11.7 Å². The molecule has 3 rings (SSSR count). The molecule has 2 heterocycles. The number of carbonyl (C=O) groups excluding carboxylic acids is 1. The number of pyridine rings is 1. The molecule has 0 radical (unpaired) electrons. The molecule has 0 aliphatic heterocycles. The third-order valence-electron chi connectivity index (χ3n) is 3.04. The lowest BCUT2D eigenvalue weighted by Crippen LogP contribution is -2.06. The van der Waals surface area contributed by atoms with Gasteiger partial charge in [0.1, 0.15) is 0 Å². The number of nitrogens with zero attached hydrogens (tertiary/aromatic N) is 1. The highest BCUT2D eigenvalue weighted by Gasteiger charge is 2.30. The molecule has 0 unspecified atom stereocenters. The number of hydrogen-bond donors (Lipinski definition) is 0. The van der Waals surface area contributed by atoms with Crippen molar-refractivity contribution in [2.24, 2.45) is 0 Å². The Bertz CT molecular complexity index is 806. The minimum atomic E-state index is -4.40. The first-order valence-corrected chi connectivity index (χ1v) is 6.88. The summed E-state index contributed by atoms with van der Waals surface area (Å²) in [4.78, 5) is 16.4. The Balaban J connectivity index is 1.94. The average molecular weight is 307 g/mol. The Kier molecular flexibility index (Phi) is 3.25. The third kappa shape index (κ3) is 2.67. The van der Waals surface area contributed by atoms with Gasteiger partial charge in [0, 0.05) is 17.3 Å². The number of benzene rings is 1. The summed E-state index contributed by atoms with van der Waals surface area (Å²) in [6.45, 7) is 0. The van der Waals surface area contributed by atoms with Crippen LogP contribution in [-0.2, 0) is 6.18 Å². The zero-order valence-corrected chi connectivity index (χ0v) is 11.3. The van der Waals surface area contributed by atoms with E-state index >= 15 is 0 Å². The maximum absolute atomic E-state index is 12.5. The lowest BCUT2D eigenvalue weighted by Gasteiger charge is -2.07. The second-order valence-corrected chi connectivity index (χ2v) is 5.38. The highest BCUT2D eigenvalue weighted by Crippen LogP contribution is 2.29. The van der Waals surface area contributed by atoms with Crippen LogP contribution in [0.4, 0.5) is 13.2 Å². The first kappa shape index (κ1) is 13.8. The van der Waals surface area contributed by atoms with Crippen LogP contribution in [0.2, 0.25) is 0 Å². The van der Waals surface area contributed by atoms with Crippen molar-refractivity contribution in [3.63, 3.8) is 0 Å². The number of aromatic nitrogens is 1. The van der Waals surface area contributed by atoms with E-state index in [4.69, 9.17) is 0 Å². The van der Waals surface area contributed by atoms with Gasteiger partial charge >= 0.3 is 6.18 Å². The van der Waals surface area contributed by atoms with E-state index in [1.54, 1.807) is 6.07 Å². The molecule has 3 aromatic rings. The zero-order valence-electron chi connectivity index (χ0n) is 10.5. The number of halogens is 3. The predicted octanol–water partition coefficient (Wildman–Crippen LogP) is 4.55. The van der Waals surface area contributed by atoms with Gasteiger partial charge in [-0.15, -0.1) is 11.3 Å². The van der Waals surface area contributed by atoms with Gasteiger partial charge in [0.25, 0.3) is 0 Å². The van der Waals surface area contributed by atoms with Crippen molar-refractivity contribution < 1.29 is 18.0 Å². The first-order chi connectivity index (χ1) is 9.95. The average Bonchev–Trinajstić information content (AvgIpc) is 2.93. The van der Waals surface area contributed by atoms with Gasteiger partial charge in [-0.1, -0.05) is 12.1 Å². The summed E-state index contributed by atoms with van der Waals surface area (Å²) in [6, 6.07) is 7.72. The molecule has 0 atom stereocenters. The van der Waals surface area contributed by atoms with Crippen molar-refractivity contribution in [2.45, 2.75) is 6.18 Å². The van der Waals surface area contributed by atoms with Gasteiger partial charge in [0.05, 0.1) is 15.8 Å². The fourth-order valence-corrected chi connectivity index (χ4v) is 2.73. The second-order valence-electron chi connectivity index (χ2n) is 4.43. The van der Waals surface area contributed by atoms with Gasteiger partial charge in [0.15, 0.2) is 5.78 Å². The summed E-state index contributed by atoms with van der Waals surface area (Å²) in [5, 5.41) is 1.87. The molecule has 1 aromatic carbocycles. The van der Waals surface area contributed by atoms with Crippen molar-refractivity contribution >= 4 is 27.3 Å². The molecule has 0 bridgehead atoms. The van der Waals surface area contributed by atoms with Crippen LogP contribution >= 0.6 is 11.3 Å². The second kappa shape index (κ2) is 4.96. The lowest BCUT2D eigenvalue weighted by atomic mass is 10.0. The van der Waals surface area contributed by atoms with Gasteiger partial charge in [-0.05, 0) is 29.6 Å². The fourth-order valence-electron chi connectivity index (χ4n) is 1.95. The molecule has 0 amide bonds. The van der Waals surface area contributed by atoms with Crippen molar-refractivity contribution in [3.8, 4) is 0 Å². The number of fused-ring (bicyclic) bond motifs is 1. The highest BCUT2D eigenvalue weighted by molar-refractivity contribution is 7.17. The number of alkyl halides is 3. The molecule has 2 nitrogen and oxygen atoms in total. The fraction of sp³-hybridized carbons (Fsp3) is 0.0667. The van der Waals surface area contributed by atoms with E-state index in [1.807, 2.05) is 11.4 Å². The highest BCUT2D eigenvalue weighted by atomic mass is 32.1. The van der Waals surface area contributed by atoms with Gasteiger partial charge in [-0.2, -0.15) is 13.2 Å². The summed E-state index contributed by atoms with van der Waals surface area (Å²) in [5.41, 5.74) is 0.597. The molecule has 106 valence electrons. The van der Waals surface area contributed by atoms with Crippen molar-refractivity contribution in [1.29, 1.82) is 0 Å². The van der Waals surface area contributed by atoms with Crippen LogP contribution in [0.15, 0.2) is 48.0 Å². The zero-order chi connectivity index (χ0) is 15.0. The summed E-state index contributed by atoms with van der Waals surface area (Å²) >= 11 is 1.46. The summed E-state index contributed by atoms with van der Waals surface area (Å²) in [5.74, 6) is -0.341. The monoisotopic (exact) mass is 307 g/mol. The van der Waals surface area contributed by atoms with E-state index in [0.29, 0.717) is 5.56 Å². The standard InChI is InChI=1S/C15H8F3NOS/c16-15(17,18)11-3-1-9(2-4-11)14(20)10-7-13-12(19-8-10)5-6-21-13/h1-8H. The maximum Gasteiger partial charge on any atom is 0.416 e. The predicted molar refractivity (Wildman–Crippen MR) is 74.5 cm³/mol. The summed E-state index contributed by atoms with van der Waals surface area (Å²) in [7, 11) is 0. The number of carbonyl (C=O) groups is 1. The van der Waals surface area contributed by atoms with E-state index in [1.165, 1.54) is 29.7 Å². The van der Waals surface area contributed by atoms with Crippen LogP contribution in [0.5, 0.6) is 0 Å². The van der Waals surface area contributed by atoms with Crippen LogP contribution in [0.3, 0.4) is 0 Å². The Morgan fingerprint density at radius 3 is 2.43 bits per heavy atom. The molecule has 2 aromatic heterocycles. The van der Waals surface area contributed by atoms with Crippen LogP contribution in [-0.4, -0.2) is 10.8 Å². The minimum absolute atomic E-state index is 0.209. The minimum Gasteiger partial charge on any atom is -0.289 e. The Labute approximate surface area is 121 Å². The number of rotatable bonds is 2. The van der Waals surface area contributed by atoms with Gasteiger partial charge < -0.3 is 0 Å². The Morgan fingerprint density at radius 1 is 1.05 bits per heavy atom. The Morgan fingerprint density at radius 2 is 1.76 bits per heavy atom. The molecular formula is C15H8F3NOS. The topological polar surface area (TPSA) is 30.0 Å². The maximum atomic E-state index is 12.5. The largest absolute Gasteiger partial charge is 0.416 e. The third-order valence-corrected chi connectivity index (χ3v) is 3.89. The van der Waals surface area contributed by atoms with Crippen molar-refractivity contribution in [2.75, 3.05) is 0 Å². The van der Waals surface area contributed by atoms with Crippen molar-refractivity contribution in [1.82, 2.24) is 4.98 Å². The number of thiophene rings is 1. The molecule has 0 saturated heterocycles. The Hall–Kier alpha value is -2.21. The van der Waals surface area contributed by atoms with Gasteiger partial charge in [-0.25, -0.2) is 0 Å². The molecule has 0 saturated carbocycles. The van der Waals surface area contributed by atoms with E-state index in [0.717, 1.165) is 22.3 Å². The number of hydrogen-bond acceptors (Lipinski definition) is 3. The molecule has 0 fully saturated rings. The molecular weight excluding hydrogens is 299 g/mol. The molecule has 0 N–H and O–H groups in total. The van der Waals surface area contributed by atoms with Crippen LogP contribution < -0.4 is 0 Å². The smallest absolute Gasteiger partial charge is 0.289 e. The lowest BCUT2D eigenvalue weighted by molar-refractivity contribution is -0.137. The molecule has 0 spiro atoms. The normalized spacial score (nSPS) is 11.8. The quantitative estimate of drug-likeness (QED) is 0.650. The molecule has 0 aliphatic carbocycles. The SMILES string of the molecule is O=C(c1ccc(C(F)(F)F)cc1)c1cnc2ccsc2c1. The van der Waals surface area contributed by atoms with Gasteiger partial charge in [-0.3, -0.25) is 9.78 Å². The summed E-state index contributed by atoms with van der Waals surface area (Å²) in [6.07, 6.45) is -2.96. The molecule has 0 aliphatic rings. The van der Waals surface area contributed by atoms with E-state index in [9.17, 15) is 18.0 Å². The van der Waals surface area contributed by atoms with Crippen LogP contribution in [0.25, 0.3) is 10.2 Å². The van der Waals surface area contributed by atoms with Gasteiger partial charge in [0.2, 0.25) is 0 Å². The van der Waals surface area contributed by atoms with Crippen LogP contribution in [0.1, 0.15) is 21.5 Å². The van der Waals surface area contributed by atoms with E-state index in [2.05, 4.69) is 4.98 Å². The first-order valence-electron chi connectivity index (χ1n) is 6.00. The van der Waals surface area contributed by atoms with Crippen molar-refractivity contribution in [3.05, 3.63) is 64.7 Å². The number of ketones is 1. The summed E-state index contributed by atoms with van der Waals surface area (Å²) < 4.78 is 38.3. The molecule has 6 heteroatoms. The molecule has 21 heavy (non-hydrogen) atoms.